The van der Waals surface area contributed by atoms with Gasteiger partial charge in [0, 0.05) is 15.7 Å². The summed E-state index contributed by atoms with van der Waals surface area (Å²) in [7, 11) is 0. The van der Waals surface area contributed by atoms with E-state index in [4.69, 9.17) is 4.74 Å². The molecule has 36 heavy (non-hydrogen) atoms. The molecule has 0 radical (unpaired) electrons. The van der Waals surface area contributed by atoms with Crippen molar-refractivity contribution in [1.82, 2.24) is 14.8 Å². The Morgan fingerprint density at radius 2 is 1.56 bits per heavy atom. The number of aromatic nitrogens is 3. The number of para-hydroxylation sites is 1. The molecule has 0 bridgehead atoms. The third-order valence-electron chi connectivity index (χ3n) is 5.60. The molecule has 0 spiro atoms. The first-order valence-corrected chi connectivity index (χ1v) is 12.2. The third kappa shape index (κ3) is 5.21. The Balaban J connectivity index is 1.43. The lowest BCUT2D eigenvalue weighted by Gasteiger charge is -2.10. The second-order valence-corrected chi connectivity index (χ2v) is 9.28. The summed E-state index contributed by atoms with van der Waals surface area (Å²) < 4.78 is 8.52. The van der Waals surface area contributed by atoms with Crippen molar-refractivity contribution in [2.24, 2.45) is 0 Å². The summed E-state index contributed by atoms with van der Waals surface area (Å²) in [6.07, 6.45) is 0. The van der Waals surface area contributed by atoms with Crippen molar-refractivity contribution in [3.8, 4) is 28.6 Å². The van der Waals surface area contributed by atoms with E-state index >= 15 is 0 Å². The molecular formula is C29H23BrN4O2. The molecule has 0 unspecified atom stereocenters. The summed E-state index contributed by atoms with van der Waals surface area (Å²) in [6, 6.07) is 30.6. The van der Waals surface area contributed by atoms with Crippen LogP contribution in [0.4, 0.5) is 5.69 Å². The van der Waals surface area contributed by atoms with E-state index in [0.717, 1.165) is 32.6 Å². The first kappa shape index (κ1) is 23.5. The predicted octanol–water partition coefficient (Wildman–Crippen LogP) is 7.36. The molecule has 178 valence electrons. The van der Waals surface area contributed by atoms with Crippen molar-refractivity contribution in [2.45, 2.75) is 13.8 Å². The molecule has 0 fully saturated rings. The molecule has 6 nitrogen and oxygen atoms in total. The van der Waals surface area contributed by atoms with Crippen molar-refractivity contribution < 1.29 is 9.53 Å². The normalized spacial score (nSPS) is 10.8. The van der Waals surface area contributed by atoms with E-state index in [1.165, 1.54) is 0 Å². The average molecular weight is 539 g/mol. The van der Waals surface area contributed by atoms with Gasteiger partial charge in [-0.25, -0.2) is 9.67 Å². The van der Waals surface area contributed by atoms with Gasteiger partial charge in [0.2, 0.25) is 5.82 Å². The molecule has 1 amide bonds. The SMILES string of the molecule is Cc1ccc(C)c(-n2nc(C(=O)Nc3ccc(Oc4ccccc4)cc3)nc2-c2ccc(Br)cc2)c1. The van der Waals surface area contributed by atoms with Gasteiger partial charge in [-0.3, -0.25) is 4.79 Å². The minimum absolute atomic E-state index is 0.0819. The lowest BCUT2D eigenvalue weighted by Crippen LogP contribution is -2.14. The summed E-state index contributed by atoms with van der Waals surface area (Å²) in [6.45, 7) is 4.04. The smallest absolute Gasteiger partial charge is 0.295 e. The minimum Gasteiger partial charge on any atom is -0.457 e. The topological polar surface area (TPSA) is 69.0 Å². The van der Waals surface area contributed by atoms with Crippen LogP contribution in [0.1, 0.15) is 21.7 Å². The van der Waals surface area contributed by atoms with E-state index in [1.54, 1.807) is 28.9 Å². The number of hydrogen-bond donors (Lipinski definition) is 1. The number of carbonyl (C=O) groups excluding carboxylic acids is 1. The number of ether oxygens (including phenoxy) is 1. The lowest BCUT2D eigenvalue weighted by molar-refractivity contribution is 0.101. The van der Waals surface area contributed by atoms with E-state index in [9.17, 15) is 4.79 Å². The van der Waals surface area contributed by atoms with E-state index in [2.05, 4.69) is 31.3 Å². The highest BCUT2D eigenvalue weighted by Gasteiger charge is 2.20. The van der Waals surface area contributed by atoms with Crippen LogP contribution >= 0.6 is 15.9 Å². The molecule has 1 heterocycles. The van der Waals surface area contributed by atoms with Crippen LogP contribution in [-0.2, 0) is 0 Å². The number of anilines is 1. The molecule has 1 N–H and O–H groups in total. The van der Waals surface area contributed by atoms with Crippen LogP contribution in [0.2, 0.25) is 0 Å². The zero-order chi connectivity index (χ0) is 25.1. The van der Waals surface area contributed by atoms with Gasteiger partial charge in [0.15, 0.2) is 5.82 Å². The Kier molecular flexibility index (Phi) is 6.64. The van der Waals surface area contributed by atoms with E-state index in [0.29, 0.717) is 17.3 Å². The van der Waals surface area contributed by atoms with E-state index in [1.807, 2.05) is 86.6 Å². The maximum atomic E-state index is 13.1. The van der Waals surface area contributed by atoms with Gasteiger partial charge in [-0.1, -0.05) is 58.4 Å². The van der Waals surface area contributed by atoms with Crippen molar-refractivity contribution in [3.05, 3.63) is 118 Å². The number of benzene rings is 4. The Morgan fingerprint density at radius 1 is 0.861 bits per heavy atom. The van der Waals surface area contributed by atoms with Crippen LogP contribution in [0.5, 0.6) is 11.5 Å². The number of halogens is 1. The number of carbonyl (C=O) groups is 1. The van der Waals surface area contributed by atoms with Gasteiger partial charge in [0.05, 0.1) is 5.69 Å². The number of rotatable bonds is 6. The van der Waals surface area contributed by atoms with Crippen LogP contribution in [0, 0.1) is 13.8 Å². The number of nitrogens with zero attached hydrogens (tertiary/aromatic N) is 3. The second kappa shape index (κ2) is 10.2. The second-order valence-electron chi connectivity index (χ2n) is 8.36. The molecule has 7 heteroatoms. The molecular weight excluding hydrogens is 516 g/mol. The fourth-order valence-corrected chi connectivity index (χ4v) is 3.99. The van der Waals surface area contributed by atoms with Crippen molar-refractivity contribution in [2.75, 3.05) is 5.32 Å². The van der Waals surface area contributed by atoms with Crippen LogP contribution in [0.3, 0.4) is 0 Å². The summed E-state index contributed by atoms with van der Waals surface area (Å²) in [5.74, 6) is 1.70. The molecule has 5 aromatic rings. The van der Waals surface area contributed by atoms with Gasteiger partial charge >= 0.3 is 0 Å². The molecule has 0 saturated carbocycles. The standard InChI is InChI=1S/C29H23BrN4O2/c1-19-8-9-20(2)26(18-19)34-28(21-10-12-22(30)13-11-21)32-27(33-34)29(35)31-23-14-16-25(17-15-23)36-24-6-4-3-5-7-24/h3-18H,1-2H3,(H,31,35). The quantitative estimate of drug-likeness (QED) is 0.245. The summed E-state index contributed by atoms with van der Waals surface area (Å²) in [5, 5.41) is 7.50. The summed E-state index contributed by atoms with van der Waals surface area (Å²) in [4.78, 5) is 17.8. The van der Waals surface area contributed by atoms with Crippen molar-refractivity contribution in [1.29, 1.82) is 0 Å². The Hall–Kier alpha value is -4.23. The van der Waals surface area contributed by atoms with Crippen LogP contribution < -0.4 is 10.1 Å². The van der Waals surface area contributed by atoms with Crippen LogP contribution in [-0.4, -0.2) is 20.7 Å². The molecule has 4 aromatic carbocycles. The Morgan fingerprint density at radius 3 is 2.28 bits per heavy atom. The van der Waals surface area contributed by atoms with Gasteiger partial charge in [0.1, 0.15) is 11.5 Å². The fourth-order valence-electron chi connectivity index (χ4n) is 3.73. The maximum absolute atomic E-state index is 13.1. The number of aryl methyl sites for hydroxylation is 2. The van der Waals surface area contributed by atoms with Crippen molar-refractivity contribution >= 4 is 27.5 Å². The van der Waals surface area contributed by atoms with Gasteiger partial charge < -0.3 is 10.1 Å². The highest BCUT2D eigenvalue weighted by Crippen LogP contribution is 2.26. The number of nitrogens with one attached hydrogen (secondary N) is 1. The Bertz CT molecular complexity index is 1510. The fraction of sp³-hybridized carbons (Fsp3) is 0.0690. The zero-order valence-electron chi connectivity index (χ0n) is 19.8. The maximum Gasteiger partial charge on any atom is 0.295 e. The summed E-state index contributed by atoms with van der Waals surface area (Å²) >= 11 is 3.48. The minimum atomic E-state index is -0.394. The largest absolute Gasteiger partial charge is 0.457 e. The highest BCUT2D eigenvalue weighted by molar-refractivity contribution is 9.10. The molecule has 0 atom stereocenters. The molecule has 0 saturated heterocycles. The molecule has 0 aliphatic carbocycles. The van der Waals surface area contributed by atoms with Gasteiger partial charge in [0.25, 0.3) is 5.91 Å². The predicted molar refractivity (Wildman–Crippen MR) is 145 cm³/mol. The van der Waals surface area contributed by atoms with Gasteiger partial charge in [-0.2, -0.15) is 0 Å². The molecule has 0 aliphatic heterocycles. The van der Waals surface area contributed by atoms with Crippen molar-refractivity contribution in [3.63, 3.8) is 0 Å². The Labute approximate surface area is 217 Å². The molecule has 1 aromatic heterocycles. The lowest BCUT2D eigenvalue weighted by atomic mass is 10.1. The number of amides is 1. The van der Waals surface area contributed by atoms with E-state index in [-0.39, 0.29) is 5.82 Å². The monoisotopic (exact) mass is 538 g/mol. The molecule has 5 rings (SSSR count). The number of hydrogen-bond acceptors (Lipinski definition) is 4. The first-order chi connectivity index (χ1) is 17.5. The highest BCUT2D eigenvalue weighted by atomic mass is 79.9. The van der Waals surface area contributed by atoms with Gasteiger partial charge in [-0.15, -0.1) is 5.10 Å². The van der Waals surface area contributed by atoms with E-state index < -0.39 is 5.91 Å². The molecule has 0 aliphatic rings. The first-order valence-electron chi connectivity index (χ1n) is 11.4. The summed E-state index contributed by atoms with van der Waals surface area (Å²) in [5.41, 5.74) is 4.48. The van der Waals surface area contributed by atoms with Gasteiger partial charge in [-0.05, 0) is 79.6 Å². The average Bonchev–Trinajstić information content (AvgIpc) is 3.33. The zero-order valence-corrected chi connectivity index (χ0v) is 21.4. The van der Waals surface area contributed by atoms with Crippen LogP contribution in [0.15, 0.2) is 102 Å². The van der Waals surface area contributed by atoms with Crippen LogP contribution in [0.25, 0.3) is 17.1 Å². The third-order valence-corrected chi connectivity index (χ3v) is 6.13.